The fourth-order valence-corrected chi connectivity index (χ4v) is 3.51. The van der Waals surface area contributed by atoms with Crippen LogP contribution in [0.3, 0.4) is 0 Å². The van der Waals surface area contributed by atoms with Gasteiger partial charge in [-0.05, 0) is 41.2 Å². The number of alkyl halides is 3. The molecule has 0 aliphatic heterocycles. The predicted molar refractivity (Wildman–Crippen MR) is 129 cm³/mol. The van der Waals surface area contributed by atoms with Gasteiger partial charge in [0.25, 0.3) is 0 Å². The van der Waals surface area contributed by atoms with Gasteiger partial charge in [-0.3, -0.25) is 4.79 Å². The van der Waals surface area contributed by atoms with Crippen molar-refractivity contribution in [2.24, 2.45) is 0 Å². The van der Waals surface area contributed by atoms with Crippen molar-refractivity contribution in [3.8, 4) is 11.1 Å². The van der Waals surface area contributed by atoms with Crippen LogP contribution in [0.1, 0.15) is 40.4 Å². The van der Waals surface area contributed by atoms with Crippen LogP contribution in [-0.2, 0) is 0 Å². The Hall–Kier alpha value is -3.66. The van der Waals surface area contributed by atoms with E-state index in [-0.39, 0.29) is 5.78 Å². The summed E-state index contributed by atoms with van der Waals surface area (Å²) < 4.78 is 38.4. The van der Waals surface area contributed by atoms with Crippen LogP contribution in [0.4, 0.5) is 13.2 Å². The van der Waals surface area contributed by atoms with E-state index in [9.17, 15) is 18.0 Å². The second-order valence-corrected chi connectivity index (χ2v) is 7.73. The lowest BCUT2D eigenvalue weighted by atomic mass is 9.93. The largest absolute Gasteiger partial charge is 0.415 e. The summed E-state index contributed by atoms with van der Waals surface area (Å²) in [6.45, 7) is 6.98. The summed E-state index contributed by atoms with van der Waals surface area (Å²) in [7, 11) is 0. The maximum absolute atomic E-state index is 12.8. The van der Waals surface area contributed by atoms with Gasteiger partial charge in [0, 0.05) is 16.7 Å². The van der Waals surface area contributed by atoms with E-state index in [0.29, 0.717) is 17.5 Å². The van der Waals surface area contributed by atoms with Crippen molar-refractivity contribution in [2.75, 3.05) is 0 Å². The molecule has 3 aromatic rings. The van der Waals surface area contributed by atoms with Crippen molar-refractivity contribution in [1.29, 1.82) is 0 Å². The molecule has 0 fully saturated rings. The first kappa shape index (κ1) is 24.0. The molecule has 0 radical (unpaired) electrons. The summed E-state index contributed by atoms with van der Waals surface area (Å²) in [4.78, 5) is 12.6. The molecule has 0 saturated carbocycles. The van der Waals surface area contributed by atoms with Crippen molar-refractivity contribution in [1.82, 2.24) is 0 Å². The monoisotopic (exact) mass is 446 g/mol. The summed E-state index contributed by atoms with van der Waals surface area (Å²) >= 11 is 0. The molecular formula is C29H25F3O. The summed E-state index contributed by atoms with van der Waals surface area (Å²) in [6.07, 6.45) is 0.617. The summed E-state index contributed by atoms with van der Waals surface area (Å²) in [5.41, 5.74) is 4.82. The Labute approximate surface area is 192 Å². The van der Waals surface area contributed by atoms with Crippen molar-refractivity contribution < 1.29 is 18.0 Å². The first-order valence-electron chi connectivity index (χ1n) is 10.7. The zero-order valence-electron chi connectivity index (χ0n) is 18.6. The standard InChI is InChI=1S/C29H25F3O/c1-4-8-23(12-11-21(3)29(30,31)32)27-18-17-26(19-20(27)2)22-13-15-25(16-14-22)28(33)24-9-6-5-7-10-24/h5-19H,3-4H2,1-2H3. The quantitative estimate of drug-likeness (QED) is 0.263. The van der Waals surface area contributed by atoms with Gasteiger partial charge in [-0.25, -0.2) is 0 Å². The molecule has 4 heteroatoms. The van der Waals surface area contributed by atoms with E-state index in [0.717, 1.165) is 33.9 Å². The molecule has 0 saturated heterocycles. The fraction of sp³-hybridized carbons (Fsp3) is 0.138. The van der Waals surface area contributed by atoms with E-state index >= 15 is 0 Å². The van der Waals surface area contributed by atoms with Gasteiger partial charge in [-0.1, -0.05) is 105 Å². The number of halogens is 3. The number of aryl methyl sites for hydroxylation is 1. The zero-order chi connectivity index (χ0) is 24.0. The van der Waals surface area contributed by atoms with Gasteiger partial charge in [0.05, 0.1) is 0 Å². The third kappa shape index (κ3) is 5.98. The van der Waals surface area contributed by atoms with Gasteiger partial charge >= 0.3 is 6.18 Å². The Balaban J connectivity index is 1.85. The number of rotatable bonds is 7. The van der Waals surface area contributed by atoms with Gasteiger partial charge in [-0.2, -0.15) is 13.2 Å². The second-order valence-electron chi connectivity index (χ2n) is 7.73. The number of hydrogen-bond acceptors (Lipinski definition) is 1. The second kappa shape index (κ2) is 10.3. The molecule has 0 aromatic heterocycles. The highest BCUT2D eigenvalue weighted by Gasteiger charge is 2.29. The first-order valence-corrected chi connectivity index (χ1v) is 10.7. The van der Waals surface area contributed by atoms with E-state index in [2.05, 4.69) is 6.58 Å². The van der Waals surface area contributed by atoms with Crippen LogP contribution in [0, 0.1) is 6.92 Å². The number of carbonyl (C=O) groups excluding carboxylic acids is 1. The number of carbonyl (C=O) groups is 1. The first-order chi connectivity index (χ1) is 15.7. The molecule has 33 heavy (non-hydrogen) atoms. The number of hydrogen-bond donors (Lipinski definition) is 0. The van der Waals surface area contributed by atoms with E-state index in [1.54, 1.807) is 12.1 Å². The van der Waals surface area contributed by atoms with Gasteiger partial charge in [0.15, 0.2) is 5.78 Å². The SMILES string of the molecule is C=C(C=CC(=CCC)c1ccc(-c2ccc(C(=O)c3ccccc3)cc2)cc1C)C(F)(F)F. The Bertz CT molecular complexity index is 1200. The molecular weight excluding hydrogens is 421 g/mol. The normalized spacial score (nSPS) is 12.2. The fourth-order valence-electron chi connectivity index (χ4n) is 3.51. The van der Waals surface area contributed by atoms with Gasteiger partial charge in [0.1, 0.15) is 0 Å². The Morgan fingerprint density at radius 2 is 1.48 bits per heavy atom. The van der Waals surface area contributed by atoms with Crippen molar-refractivity contribution in [2.45, 2.75) is 26.4 Å². The number of ketones is 1. The number of allylic oxidation sites excluding steroid dienone is 5. The molecule has 0 N–H and O–H groups in total. The molecule has 168 valence electrons. The number of benzene rings is 3. The molecule has 0 unspecified atom stereocenters. The molecule has 0 amide bonds. The minimum Gasteiger partial charge on any atom is -0.289 e. The molecule has 0 atom stereocenters. The lowest BCUT2D eigenvalue weighted by Crippen LogP contribution is -2.08. The summed E-state index contributed by atoms with van der Waals surface area (Å²) in [5.74, 6) is -0.0322. The minimum atomic E-state index is -4.44. The molecule has 0 aliphatic rings. The maximum Gasteiger partial charge on any atom is 0.415 e. The van der Waals surface area contributed by atoms with Crippen LogP contribution in [0.15, 0.2) is 103 Å². The molecule has 0 spiro atoms. The molecule has 1 nitrogen and oxygen atoms in total. The molecule has 3 aromatic carbocycles. The average molecular weight is 447 g/mol. The van der Waals surface area contributed by atoms with Crippen LogP contribution in [-0.4, -0.2) is 12.0 Å². The molecule has 0 bridgehead atoms. The van der Waals surface area contributed by atoms with Crippen molar-refractivity contribution in [3.63, 3.8) is 0 Å². The lowest BCUT2D eigenvalue weighted by Gasteiger charge is -2.12. The average Bonchev–Trinajstić information content (AvgIpc) is 2.81. The minimum absolute atomic E-state index is 0.0322. The summed E-state index contributed by atoms with van der Waals surface area (Å²) in [5, 5.41) is 0. The van der Waals surface area contributed by atoms with E-state index in [4.69, 9.17) is 0 Å². The van der Waals surface area contributed by atoms with E-state index < -0.39 is 11.7 Å². The van der Waals surface area contributed by atoms with Crippen LogP contribution in [0.5, 0.6) is 0 Å². The Kier molecular flexibility index (Phi) is 7.49. The molecule has 0 heterocycles. The van der Waals surface area contributed by atoms with Crippen LogP contribution in [0.25, 0.3) is 16.7 Å². The zero-order valence-corrected chi connectivity index (χ0v) is 18.6. The maximum atomic E-state index is 12.8. The topological polar surface area (TPSA) is 17.1 Å². The summed E-state index contributed by atoms with van der Waals surface area (Å²) in [6, 6.07) is 22.4. The Morgan fingerprint density at radius 3 is 2.06 bits per heavy atom. The highest BCUT2D eigenvalue weighted by molar-refractivity contribution is 6.09. The van der Waals surface area contributed by atoms with E-state index in [1.807, 2.05) is 80.6 Å². The third-order valence-electron chi connectivity index (χ3n) is 5.31. The van der Waals surface area contributed by atoms with Crippen LogP contribution < -0.4 is 0 Å². The third-order valence-corrected chi connectivity index (χ3v) is 5.31. The predicted octanol–water partition coefficient (Wildman–Crippen LogP) is 8.36. The van der Waals surface area contributed by atoms with Crippen LogP contribution in [0.2, 0.25) is 0 Å². The smallest absolute Gasteiger partial charge is 0.289 e. The Morgan fingerprint density at radius 1 is 0.879 bits per heavy atom. The van der Waals surface area contributed by atoms with Crippen molar-refractivity contribution >= 4 is 11.4 Å². The van der Waals surface area contributed by atoms with Crippen LogP contribution >= 0.6 is 0 Å². The van der Waals surface area contributed by atoms with Crippen molar-refractivity contribution in [3.05, 3.63) is 125 Å². The molecule has 0 aliphatic carbocycles. The van der Waals surface area contributed by atoms with Gasteiger partial charge in [0.2, 0.25) is 0 Å². The highest BCUT2D eigenvalue weighted by atomic mass is 19.4. The lowest BCUT2D eigenvalue weighted by molar-refractivity contribution is -0.0878. The van der Waals surface area contributed by atoms with Gasteiger partial charge < -0.3 is 0 Å². The molecule has 3 rings (SSSR count). The van der Waals surface area contributed by atoms with Gasteiger partial charge in [-0.15, -0.1) is 0 Å². The highest BCUT2D eigenvalue weighted by Crippen LogP contribution is 2.30. The van der Waals surface area contributed by atoms with E-state index in [1.165, 1.54) is 6.08 Å².